The van der Waals surface area contributed by atoms with Gasteiger partial charge in [0.25, 0.3) is 0 Å². The second kappa shape index (κ2) is 4.74. The van der Waals surface area contributed by atoms with E-state index in [1.165, 1.54) is 0 Å². The maximum absolute atomic E-state index is 8.96. The number of aromatic nitrogens is 5. The summed E-state index contributed by atoms with van der Waals surface area (Å²) in [6, 6.07) is 6.30. The van der Waals surface area contributed by atoms with E-state index in [0.29, 0.717) is 17.5 Å². The lowest BCUT2D eigenvalue weighted by Gasteiger charge is -2.03. The highest BCUT2D eigenvalue weighted by molar-refractivity contribution is 7.98. The summed E-state index contributed by atoms with van der Waals surface area (Å²) in [4.78, 5) is 4.03. The third-order valence-corrected chi connectivity index (χ3v) is 3.69. The molecule has 0 aliphatic heterocycles. The van der Waals surface area contributed by atoms with Crippen molar-refractivity contribution < 1.29 is 0 Å². The van der Waals surface area contributed by atoms with E-state index >= 15 is 0 Å². The molecule has 0 atom stereocenters. The first-order valence-electron chi connectivity index (χ1n) is 5.63. The molecule has 0 bridgehead atoms. The minimum Gasteiger partial charge on any atom is -0.245 e. The van der Waals surface area contributed by atoms with Crippen LogP contribution in [-0.4, -0.2) is 25.2 Å². The van der Waals surface area contributed by atoms with Crippen LogP contribution in [0, 0.1) is 11.3 Å². The number of hydrogen-bond acceptors (Lipinski definition) is 6. The second-order valence-electron chi connectivity index (χ2n) is 4.05. The van der Waals surface area contributed by atoms with E-state index in [4.69, 9.17) is 5.26 Å². The average Bonchev–Trinajstić information content (AvgIpc) is 3.16. The van der Waals surface area contributed by atoms with Crippen LogP contribution in [0.25, 0.3) is 0 Å². The van der Waals surface area contributed by atoms with Crippen LogP contribution in [0.1, 0.15) is 30.1 Å². The molecular formula is C11H10N6S. The molecule has 0 amide bonds. The van der Waals surface area contributed by atoms with Gasteiger partial charge >= 0.3 is 0 Å². The molecule has 7 heteroatoms. The first-order chi connectivity index (χ1) is 8.88. The molecule has 2 aromatic rings. The number of pyridine rings is 1. The molecule has 6 nitrogen and oxygen atoms in total. The normalized spacial score (nSPS) is 14.4. The van der Waals surface area contributed by atoms with E-state index in [2.05, 4.69) is 26.6 Å². The van der Waals surface area contributed by atoms with Gasteiger partial charge in [-0.3, -0.25) is 0 Å². The highest BCUT2D eigenvalue weighted by Crippen LogP contribution is 2.36. The smallest absolute Gasteiger partial charge is 0.209 e. The monoisotopic (exact) mass is 258 g/mol. The van der Waals surface area contributed by atoms with Crippen molar-refractivity contribution in [3.8, 4) is 6.07 Å². The van der Waals surface area contributed by atoms with Crippen LogP contribution in [0.15, 0.2) is 23.5 Å². The van der Waals surface area contributed by atoms with Gasteiger partial charge < -0.3 is 0 Å². The molecule has 2 heterocycles. The maximum Gasteiger partial charge on any atom is 0.209 e. The lowest BCUT2D eigenvalue weighted by atomic mass is 10.2. The Morgan fingerprint density at radius 2 is 2.39 bits per heavy atom. The fraction of sp³-hybridized carbons (Fsp3) is 0.364. The number of tetrazole rings is 1. The van der Waals surface area contributed by atoms with Crippen molar-refractivity contribution in [1.82, 2.24) is 25.2 Å². The van der Waals surface area contributed by atoms with Crippen LogP contribution in [0.5, 0.6) is 0 Å². The van der Waals surface area contributed by atoms with Crippen LogP contribution >= 0.6 is 11.8 Å². The SMILES string of the molecule is N#Cc1ncccc1CSc1nnnn1C1CC1. The van der Waals surface area contributed by atoms with E-state index in [0.717, 1.165) is 23.6 Å². The molecule has 1 fully saturated rings. The van der Waals surface area contributed by atoms with E-state index in [9.17, 15) is 0 Å². The molecule has 2 aromatic heterocycles. The number of nitriles is 1. The predicted octanol–water partition coefficient (Wildman–Crippen LogP) is 1.57. The van der Waals surface area contributed by atoms with Gasteiger partial charge in [0, 0.05) is 11.9 Å². The standard InChI is InChI=1S/C11H10N6S/c12-6-10-8(2-1-5-13-10)7-18-11-14-15-16-17(11)9-3-4-9/h1-2,5,9H,3-4,7H2. The fourth-order valence-corrected chi connectivity index (χ4v) is 2.56. The Morgan fingerprint density at radius 1 is 1.50 bits per heavy atom. The zero-order valence-corrected chi connectivity index (χ0v) is 10.3. The van der Waals surface area contributed by atoms with Crippen molar-refractivity contribution >= 4 is 11.8 Å². The summed E-state index contributed by atoms with van der Waals surface area (Å²) < 4.78 is 1.87. The number of nitrogens with zero attached hydrogens (tertiary/aromatic N) is 6. The molecule has 3 rings (SSSR count). The summed E-state index contributed by atoms with van der Waals surface area (Å²) in [6.07, 6.45) is 3.92. The highest BCUT2D eigenvalue weighted by Gasteiger charge is 2.27. The molecule has 0 aromatic carbocycles. The number of rotatable bonds is 4. The van der Waals surface area contributed by atoms with Crippen LogP contribution in [-0.2, 0) is 5.75 Å². The van der Waals surface area contributed by atoms with Crippen molar-refractivity contribution in [2.75, 3.05) is 0 Å². The van der Waals surface area contributed by atoms with E-state index < -0.39 is 0 Å². The van der Waals surface area contributed by atoms with Crippen molar-refractivity contribution in [3.05, 3.63) is 29.6 Å². The zero-order chi connectivity index (χ0) is 12.4. The van der Waals surface area contributed by atoms with E-state index in [1.807, 2.05) is 16.8 Å². The van der Waals surface area contributed by atoms with Gasteiger partial charge in [0.2, 0.25) is 5.16 Å². The molecule has 0 N–H and O–H groups in total. The minimum absolute atomic E-state index is 0.465. The van der Waals surface area contributed by atoms with Gasteiger partial charge in [-0.05, 0) is 34.9 Å². The van der Waals surface area contributed by atoms with Gasteiger partial charge in [-0.2, -0.15) is 5.26 Å². The molecule has 1 aliphatic carbocycles. The summed E-state index contributed by atoms with van der Waals surface area (Å²) in [7, 11) is 0. The van der Waals surface area contributed by atoms with Gasteiger partial charge in [0.15, 0.2) is 0 Å². The number of thioether (sulfide) groups is 1. The van der Waals surface area contributed by atoms with Gasteiger partial charge in [-0.15, -0.1) is 5.10 Å². The summed E-state index contributed by atoms with van der Waals surface area (Å²) in [5, 5.41) is 21.5. The van der Waals surface area contributed by atoms with Crippen LogP contribution in [0.3, 0.4) is 0 Å². The molecule has 0 saturated heterocycles. The Kier molecular flexibility index (Phi) is 2.94. The Bertz CT molecular complexity index is 598. The zero-order valence-electron chi connectivity index (χ0n) is 9.52. The molecule has 1 saturated carbocycles. The molecule has 0 radical (unpaired) electrons. The quantitative estimate of drug-likeness (QED) is 0.774. The van der Waals surface area contributed by atoms with Crippen LogP contribution < -0.4 is 0 Å². The Hall–Kier alpha value is -1.94. The predicted molar refractivity (Wildman–Crippen MR) is 64.6 cm³/mol. The summed E-state index contributed by atoms with van der Waals surface area (Å²) in [6.45, 7) is 0. The summed E-state index contributed by atoms with van der Waals surface area (Å²) in [5.74, 6) is 0.657. The van der Waals surface area contributed by atoms with Crippen LogP contribution in [0.2, 0.25) is 0 Å². The Balaban J connectivity index is 1.74. The van der Waals surface area contributed by atoms with E-state index in [-0.39, 0.29) is 0 Å². The number of hydrogen-bond donors (Lipinski definition) is 0. The first kappa shape index (κ1) is 11.2. The average molecular weight is 258 g/mol. The Labute approximate surface area is 108 Å². The largest absolute Gasteiger partial charge is 0.245 e. The maximum atomic E-state index is 8.96. The van der Waals surface area contributed by atoms with Crippen molar-refractivity contribution in [2.24, 2.45) is 0 Å². The van der Waals surface area contributed by atoms with Gasteiger partial charge in [-0.25, -0.2) is 9.67 Å². The van der Waals surface area contributed by atoms with Crippen molar-refractivity contribution in [3.63, 3.8) is 0 Å². The van der Waals surface area contributed by atoms with Gasteiger partial charge in [0.1, 0.15) is 11.8 Å². The molecule has 0 unspecified atom stereocenters. The lowest BCUT2D eigenvalue weighted by Crippen LogP contribution is -1.99. The summed E-state index contributed by atoms with van der Waals surface area (Å²) >= 11 is 1.54. The lowest BCUT2D eigenvalue weighted by molar-refractivity contribution is 0.565. The Morgan fingerprint density at radius 3 is 3.17 bits per heavy atom. The van der Waals surface area contributed by atoms with Crippen LogP contribution in [0.4, 0.5) is 0 Å². The van der Waals surface area contributed by atoms with E-state index in [1.54, 1.807) is 18.0 Å². The third-order valence-electron chi connectivity index (χ3n) is 2.71. The molecular weight excluding hydrogens is 248 g/mol. The topological polar surface area (TPSA) is 80.3 Å². The fourth-order valence-electron chi connectivity index (χ4n) is 1.63. The van der Waals surface area contributed by atoms with Gasteiger partial charge in [-0.1, -0.05) is 17.8 Å². The first-order valence-corrected chi connectivity index (χ1v) is 6.61. The molecule has 1 aliphatic rings. The van der Waals surface area contributed by atoms with Gasteiger partial charge in [0.05, 0.1) is 6.04 Å². The third kappa shape index (κ3) is 2.19. The molecule has 0 spiro atoms. The minimum atomic E-state index is 0.465. The van der Waals surface area contributed by atoms with Crippen molar-refractivity contribution in [1.29, 1.82) is 5.26 Å². The molecule has 18 heavy (non-hydrogen) atoms. The second-order valence-corrected chi connectivity index (χ2v) is 4.99. The highest BCUT2D eigenvalue weighted by atomic mass is 32.2. The summed E-state index contributed by atoms with van der Waals surface area (Å²) in [5.41, 5.74) is 1.38. The van der Waals surface area contributed by atoms with Crippen molar-refractivity contribution in [2.45, 2.75) is 29.8 Å². The molecule has 90 valence electrons.